The first kappa shape index (κ1) is 34.7. The second-order valence-electron chi connectivity index (χ2n) is 8.51. The maximum atomic E-state index is 11.6. The largest absolute Gasteiger partial charge is 0.400 e. The quantitative estimate of drug-likeness (QED) is 0.309. The topological polar surface area (TPSA) is 129 Å². The summed E-state index contributed by atoms with van der Waals surface area (Å²) in [4.78, 5) is 26.9. The van der Waals surface area contributed by atoms with Gasteiger partial charge < -0.3 is 25.2 Å². The monoisotopic (exact) mass is 608 g/mol. The van der Waals surface area contributed by atoms with Crippen LogP contribution in [0.1, 0.15) is 44.9 Å². The van der Waals surface area contributed by atoms with Crippen LogP contribution in [0.2, 0.25) is 0 Å². The van der Waals surface area contributed by atoms with E-state index < -0.39 is 0 Å². The van der Waals surface area contributed by atoms with Crippen molar-refractivity contribution in [2.24, 2.45) is 9.36 Å². The molecule has 1 aromatic heterocycles. The van der Waals surface area contributed by atoms with Crippen molar-refractivity contribution in [3.8, 4) is 10.4 Å². The maximum Gasteiger partial charge on any atom is 0.223 e. The molecule has 1 fully saturated rings. The molecule has 2 heterocycles. The molecule has 194 valence electrons. The second kappa shape index (κ2) is 19.8. The number of carbonyl (C=O) groups excluding carboxylic acids is 2. The van der Waals surface area contributed by atoms with Crippen molar-refractivity contribution >= 4 is 46.9 Å². The molecule has 1 saturated heterocycles. The Morgan fingerprint density at radius 2 is 1.82 bits per heavy atom. The Balaban J connectivity index is 0. The summed E-state index contributed by atoms with van der Waals surface area (Å²) in [5.74, 6) is 0.170. The summed E-state index contributed by atoms with van der Waals surface area (Å²) < 4.78 is 4.47. The van der Waals surface area contributed by atoms with Crippen molar-refractivity contribution in [2.75, 3.05) is 27.2 Å². The van der Waals surface area contributed by atoms with E-state index in [1.165, 1.54) is 16.0 Å². The van der Waals surface area contributed by atoms with Crippen LogP contribution in [0.5, 0.6) is 0 Å². The molecule has 1 atom stereocenters. The normalized spacial score (nSPS) is 14.2. The number of benzene rings is 1. The number of nitrogens with two attached hydrogens (primary N) is 1. The Kier molecular flexibility index (Phi) is 20.2. The average Bonchev–Trinajstić information content (AvgIpc) is 3.46. The number of thiazole rings is 1. The summed E-state index contributed by atoms with van der Waals surface area (Å²) >= 11 is 3.35. The highest BCUT2D eigenvalue weighted by Crippen LogP contribution is 2.27. The molecule has 1 aliphatic rings. The number of aromatic nitrogens is 1. The SMILES string of the molecule is C=O.CC(C)(C)CC(=O)N1CCC(O)C1.CNCc1ccc(-c2scnc2C)cc1.CO.NI. The number of aryl methyl sites for hydroxylation is 1. The molecule has 5 N–H and O–H groups in total. The molecule has 0 saturated carbocycles. The zero-order valence-electron chi connectivity index (χ0n) is 21.2. The van der Waals surface area contributed by atoms with Gasteiger partial charge >= 0.3 is 0 Å². The first-order valence-corrected chi connectivity index (χ1v) is 12.9. The van der Waals surface area contributed by atoms with Gasteiger partial charge in [-0.25, -0.2) is 4.98 Å². The zero-order valence-corrected chi connectivity index (χ0v) is 24.1. The van der Waals surface area contributed by atoms with E-state index in [0.717, 1.165) is 32.3 Å². The van der Waals surface area contributed by atoms with Gasteiger partial charge in [-0.05, 0) is 36.9 Å². The van der Waals surface area contributed by atoms with E-state index in [9.17, 15) is 9.90 Å². The van der Waals surface area contributed by atoms with Gasteiger partial charge in [-0.3, -0.25) is 8.74 Å². The first-order valence-electron chi connectivity index (χ1n) is 10.7. The first-order chi connectivity index (χ1) is 16.2. The number of hydrogen-bond acceptors (Lipinski definition) is 8. The molecule has 3 rings (SSSR count). The number of nitrogens with zero attached hydrogens (tertiary/aromatic N) is 2. The van der Waals surface area contributed by atoms with Gasteiger partial charge in [0.1, 0.15) is 6.79 Å². The Hall–Kier alpha value is -1.44. The van der Waals surface area contributed by atoms with Crippen LogP contribution in [0.15, 0.2) is 29.8 Å². The number of β-amino-alcohol motifs (C(OH)–C–C–N with tert-alkyl or cyclic N) is 1. The number of amides is 1. The lowest BCUT2D eigenvalue weighted by atomic mass is 9.92. The van der Waals surface area contributed by atoms with E-state index >= 15 is 0 Å². The van der Waals surface area contributed by atoms with Gasteiger partial charge in [0.15, 0.2) is 0 Å². The number of rotatable bonds is 4. The highest BCUT2D eigenvalue weighted by atomic mass is 127. The van der Waals surface area contributed by atoms with Crippen LogP contribution in [-0.2, 0) is 16.1 Å². The molecule has 2 aromatic rings. The number of likely N-dealkylation sites (tertiary alicyclic amines) is 1. The third-order valence-corrected chi connectivity index (χ3v) is 5.52. The van der Waals surface area contributed by atoms with Gasteiger partial charge in [0, 0.05) is 56.0 Å². The van der Waals surface area contributed by atoms with Gasteiger partial charge in [0.2, 0.25) is 5.91 Å². The van der Waals surface area contributed by atoms with E-state index in [2.05, 4.69) is 59.3 Å². The Labute approximate surface area is 222 Å². The van der Waals surface area contributed by atoms with Gasteiger partial charge in [0.25, 0.3) is 0 Å². The molecule has 1 amide bonds. The number of aliphatic hydroxyl groups excluding tert-OH is 2. The molecule has 34 heavy (non-hydrogen) atoms. The van der Waals surface area contributed by atoms with Crippen LogP contribution >= 0.6 is 34.2 Å². The molecule has 10 heteroatoms. The lowest BCUT2D eigenvalue weighted by molar-refractivity contribution is -0.132. The molecule has 1 aromatic carbocycles. The molecule has 0 bridgehead atoms. The fourth-order valence-electron chi connectivity index (χ4n) is 3.09. The minimum Gasteiger partial charge on any atom is -0.400 e. The number of halogens is 1. The van der Waals surface area contributed by atoms with E-state index in [1.54, 1.807) is 39.1 Å². The summed E-state index contributed by atoms with van der Waals surface area (Å²) in [5.41, 5.74) is 5.62. The molecule has 0 spiro atoms. The van der Waals surface area contributed by atoms with Gasteiger partial charge in [0.05, 0.1) is 22.2 Å². The molecule has 0 radical (unpaired) electrons. The zero-order chi connectivity index (χ0) is 26.7. The van der Waals surface area contributed by atoms with Crippen molar-refractivity contribution in [1.29, 1.82) is 0 Å². The van der Waals surface area contributed by atoms with Crippen LogP contribution in [0.3, 0.4) is 0 Å². The number of aliphatic hydroxyl groups is 2. The van der Waals surface area contributed by atoms with Crippen molar-refractivity contribution in [3.05, 3.63) is 41.0 Å². The minimum atomic E-state index is -0.302. The minimum absolute atomic E-state index is 0.0463. The fraction of sp³-hybridized carbons (Fsp3) is 0.542. The van der Waals surface area contributed by atoms with Gasteiger partial charge in [-0.15, -0.1) is 11.3 Å². The van der Waals surface area contributed by atoms with Crippen LogP contribution in [-0.4, -0.2) is 66.1 Å². The molecular weight excluding hydrogens is 567 g/mol. The summed E-state index contributed by atoms with van der Waals surface area (Å²) in [6, 6.07) is 8.64. The predicted octanol–water partition coefficient (Wildman–Crippen LogP) is 3.57. The molecule has 1 aliphatic heterocycles. The smallest absolute Gasteiger partial charge is 0.223 e. The van der Waals surface area contributed by atoms with E-state index in [4.69, 9.17) is 9.90 Å². The van der Waals surface area contributed by atoms with Crippen molar-refractivity contribution < 1.29 is 19.8 Å². The Bertz CT molecular complexity index is 782. The number of carbonyl (C=O) groups is 2. The summed E-state index contributed by atoms with van der Waals surface area (Å²) in [7, 11) is 2.96. The third-order valence-electron chi connectivity index (χ3n) is 4.54. The lowest BCUT2D eigenvalue weighted by Crippen LogP contribution is -2.32. The van der Waals surface area contributed by atoms with Gasteiger partial charge in [-0.2, -0.15) is 0 Å². The van der Waals surface area contributed by atoms with Crippen LogP contribution in [0, 0.1) is 12.3 Å². The Morgan fingerprint density at radius 1 is 1.26 bits per heavy atom. The van der Waals surface area contributed by atoms with E-state index in [1.807, 2.05) is 26.3 Å². The summed E-state index contributed by atoms with van der Waals surface area (Å²) in [6.07, 6.45) is 0.999. The van der Waals surface area contributed by atoms with Crippen molar-refractivity contribution in [1.82, 2.24) is 15.2 Å². The number of hydrogen-bond donors (Lipinski definition) is 4. The molecular formula is C24H41IN4O4S. The highest BCUT2D eigenvalue weighted by molar-refractivity contribution is 14.1. The summed E-state index contributed by atoms with van der Waals surface area (Å²) in [5, 5.41) is 19.4. The van der Waals surface area contributed by atoms with Crippen molar-refractivity contribution in [2.45, 2.75) is 53.2 Å². The molecule has 8 nitrogen and oxygen atoms in total. The average molecular weight is 609 g/mol. The molecule has 1 unspecified atom stereocenters. The second-order valence-corrected chi connectivity index (χ2v) is 9.37. The van der Waals surface area contributed by atoms with Crippen LogP contribution in [0.4, 0.5) is 0 Å². The van der Waals surface area contributed by atoms with E-state index in [-0.39, 0.29) is 17.4 Å². The fourth-order valence-corrected chi connectivity index (χ4v) is 3.90. The van der Waals surface area contributed by atoms with Gasteiger partial charge in [-0.1, -0.05) is 45.0 Å². The number of nitrogens with one attached hydrogen (secondary N) is 1. The maximum absolute atomic E-state index is 11.6. The Morgan fingerprint density at radius 3 is 2.21 bits per heavy atom. The van der Waals surface area contributed by atoms with Crippen LogP contribution < -0.4 is 9.26 Å². The molecule has 0 aliphatic carbocycles. The predicted molar refractivity (Wildman–Crippen MR) is 150 cm³/mol. The van der Waals surface area contributed by atoms with Crippen molar-refractivity contribution in [3.63, 3.8) is 0 Å². The highest BCUT2D eigenvalue weighted by Gasteiger charge is 2.27. The van der Waals surface area contributed by atoms with E-state index in [0.29, 0.717) is 13.0 Å². The standard InChI is InChI=1S/C12H14N2S.C10H19NO2.CH4O.CH2O.H2IN/c1-9-12(15-8-14-9)11-5-3-10(4-6-11)7-13-2;1-10(2,3)6-9(13)11-5-4-8(12)7-11;3*1-2/h3-6,8,13H,7H2,1-2H3;8,12H,4-7H2,1-3H3;2H,1H3;1H2;2H2. The summed E-state index contributed by atoms with van der Waals surface area (Å²) in [6.45, 7) is 12.4. The van der Waals surface area contributed by atoms with Crippen LogP contribution in [0.25, 0.3) is 10.4 Å². The lowest BCUT2D eigenvalue weighted by Gasteiger charge is -2.22. The third kappa shape index (κ3) is 14.1.